The van der Waals surface area contributed by atoms with E-state index in [1.165, 1.54) is 22.2 Å². The lowest BCUT2D eigenvalue weighted by molar-refractivity contribution is -0.137. The highest BCUT2D eigenvalue weighted by Gasteiger charge is 2.27. The van der Waals surface area contributed by atoms with Crippen molar-refractivity contribution in [3.05, 3.63) is 35.5 Å². The van der Waals surface area contributed by atoms with Crippen LogP contribution >= 0.6 is 0 Å². The Bertz CT molecular complexity index is 612. The Balaban J connectivity index is 2.19. The largest absolute Gasteiger partial charge is 0.481 e. The van der Waals surface area contributed by atoms with Gasteiger partial charge in [0.25, 0.3) is 0 Å². The Hall–Kier alpha value is -1.77. The normalized spacial score (nSPS) is 18.8. The fourth-order valence-corrected chi connectivity index (χ4v) is 3.35. The number of hydrogen-bond donors (Lipinski definition) is 1. The summed E-state index contributed by atoms with van der Waals surface area (Å²) in [5.74, 6) is -0.526. The molecule has 1 aliphatic rings. The number of aryl methyl sites for hydroxylation is 2. The van der Waals surface area contributed by atoms with Gasteiger partial charge in [0.2, 0.25) is 0 Å². The molecule has 0 radical (unpaired) electrons. The molecule has 1 aromatic carbocycles. The summed E-state index contributed by atoms with van der Waals surface area (Å²) in [4.78, 5) is 11.0. The molecule has 1 aliphatic carbocycles. The fourth-order valence-electron chi connectivity index (χ4n) is 3.35. The van der Waals surface area contributed by atoms with Crippen molar-refractivity contribution in [3.63, 3.8) is 0 Å². The first kappa shape index (κ1) is 11.3. The molecule has 1 N–H and O–H groups in total. The standard InChI is InChI=1S/C15H17NO2/c1-16-13-8-3-2-6-11(13)12-7-4-5-10(15(12)16)9-14(17)18/h2-3,6,8,10H,4-5,7,9H2,1H3,(H,17,18)/t10-/m0/s1. The van der Waals surface area contributed by atoms with Gasteiger partial charge in [0.05, 0.1) is 6.42 Å². The van der Waals surface area contributed by atoms with E-state index in [1.807, 2.05) is 6.07 Å². The van der Waals surface area contributed by atoms with E-state index in [-0.39, 0.29) is 12.3 Å². The molecular weight excluding hydrogens is 226 g/mol. The van der Waals surface area contributed by atoms with Crippen LogP contribution in [0.5, 0.6) is 0 Å². The molecule has 94 valence electrons. The van der Waals surface area contributed by atoms with Crippen LogP contribution in [0.4, 0.5) is 0 Å². The second-order valence-corrected chi connectivity index (χ2v) is 5.13. The number of fused-ring (bicyclic) bond motifs is 3. The Morgan fingerprint density at radius 1 is 1.44 bits per heavy atom. The molecule has 3 nitrogen and oxygen atoms in total. The van der Waals surface area contributed by atoms with E-state index in [1.54, 1.807) is 0 Å². The van der Waals surface area contributed by atoms with E-state index >= 15 is 0 Å². The zero-order valence-corrected chi connectivity index (χ0v) is 10.5. The van der Waals surface area contributed by atoms with Gasteiger partial charge in [0, 0.05) is 29.6 Å². The Labute approximate surface area is 106 Å². The van der Waals surface area contributed by atoms with Crippen molar-refractivity contribution < 1.29 is 9.90 Å². The van der Waals surface area contributed by atoms with Crippen LogP contribution in [0.1, 0.15) is 36.4 Å². The fraction of sp³-hybridized carbons (Fsp3) is 0.400. The predicted molar refractivity (Wildman–Crippen MR) is 70.9 cm³/mol. The summed E-state index contributed by atoms with van der Waals surface area (Å²) in [5, 5.41) is 10.3. The summed E-state index contributed by atoms with van der Waals surface area (Å²) in [6.45, 7) is 0. The molecule has 0 saturated heterocycles. The number of rotatable bonds is 2. The van der Waals surface area contributed by atoms with Gasteiger partial charge in [-0.3, -0.25) is 4.79 Å². The third-order valence-electron chi connectivity index (χ3n) is 4.05. The first-order valence-corrected chi connectivity index (χ1v) is 6.46. The average molecular weight is 243 g/mol. The van der Waals surface area contributed by atoms with Gasteiger partial charge in [-0.15, -0.1) is 0 Å². The van der Waals surface area contributed by atoms with Crippen LogP contribution in [0.2, 0.25) is 0 Å². The van der Waals surface area contributed by atoms with Crippen molar-refractivity contribution in [1.82, 2.24) is 4.57 Å². The highest BCUT2D eigenvalue weighted by molar-refractivity contribution is 5.86. The van der Waals surface area contributed by atoms with E-state index < -0.39 is 5.97 Å². The molecular formula is C15H17NO2. The number of carboxylic acid groups (broad SMARTS) is 1. The maximum Gasteiger partial charge on any atom is 0.304 e. The molecule has 0 fully saturated rings. The van der Waals surface area contributed by atoms with Crippen LogP contribution in [0, 0.1) is 0 Å². The first-order valence-electron chi connectivity index (χ1n) is 6.46. The van der Waals surface area contributed by atoms with Gasteiger partial charge in [-0.1, -0.05) is 18.2 Å². The number of aliphatic carboxylic acids is 1. The number of benzene rings is 1. The summed E-state index contributed by atoms with van der Waals surface area (Å²) in [5.41, 5.74) is 3.83. The van der Waals surface area contributed by atoms with E-state index in [2.05, 4.69) is 29.8 Å². The van der Waals surface area contributed by atoms with Crippen LogP contribution in [-0.4, -0.2) is 15.6 Å². The summed E-state index contributed by atoms with van der Waals surface area (Å²) in [6.07, 6.45) is 3.41. The van der Waals surface area contributed by atoms with E-state index in [4.69, 9.17) is 5.11 Å². The number of carbonyl (C=O) groups is 1. The molecule has 0 aliphatic heterocycles. The van der Waals surface area contributed by atoms with Crippen molar-refractivity contribution in [2.24, 2.45) is 7.05 Å². The summed E-state index contributed by atoms with van der Waals surface area (Å²) >= 11 is 0. The van der Waals surface area contributed by atoms with Gasteiger partial charge < -0.3 is 9.67 Å². The van der Waals surface area contributed by atoms with Crippen LogP contribution in [-0.2, 0) is 18.3 Å². The molecule has 3 rings (SSSR count). The number of carboxylic acids is 1. The molecule has 1 atom stereocenters. The first-order chi connectivity index (χ1) is 8.68. The zero-order valence-electron chi connectivity index (χ0n) is 10.5. The number of nitrogens with zero attached hydrogens (tertiary/aromatic N) is 1. The lowest BCUT2D eigenvalue weighted by atomic mass is 9.85. The number of hydrogen-bond acceptors (Lipinski definition) is 1. The second-order valence-electron chi connectivity index (χ2n) is 5.13. The lowest BCUT2D eigenvalue weighted by Gasteiger charge is -2.23. The Morgan fingerprint density at radius 3 is 3.00 bits per heavy atom. The molecule has 18 heavy (non-hydrogen) atoms. The Morgan fingerprint density at radius 2 is 2.22 bits per heavy atom. The quantitative estimate of drug-likeness (QED) is 0.880. The van der Waals surface area contributed by atoms with Gasteiger partial charge in [0.1, 0.15) is 0 Å². The van der Waals surface area contributed by atoms with Crippen LogP contribution in [0.15, 0.2) is 24.3 Å². The molecule has 1 aromatic heterocycles. The molecule has 0 amide bonds. The van der Waals surface area contributed by atoms with Crippen LogP contribution in [0.25, 0.3) is 10.9 Å². The van der Waals surface area contributed by atoms with Crippen molar-refractivity contribution in [1.29, 1.82) is 0 Å². The summed E-state index contributed by atoms with van der Waals surface area (Å²) in [6, 6.07) is 8.37. The SMILES string of the molecule is Cn1c2c(c3ccccc31)CCC[C@H]2CC(=O)O. The smallest absolute Gasteiger partial charge is 0.304 e. The molecule has 2 aromatic rings. The number of aromatic nitrogens is 1. The molecule has 3 heteroatoms. The predicted octanol–water partition coefficient (Wildman–Crippen LogP) is 3.07. The maximum absolute atomic E-state index is 11.0. The van der Waals surface area contributed by atoms with Crippen molar-refractivity contribution >= 4 is 16.9 Å². The van der Waals surface area contributed by atoms with Crippen LogP contribution < -0.4 is 0 Å². The molecule has 0 spiro atoms. The van der Waals surface area contributed by atoms with Crippen molar-refractivity contribution in [2.75, 3.05) is 0 Å². The van der Waals surface area contributed by atoms with E-state index in [0.717, 1.165) is 19.3 Å². The van der Waals surface area contributed by atoms with Gasteiger partial charge in [-0.25, -0.2) is 0 Å². The molecule has 1 heterocycles. The number of para-hydroxylation sites is 1. The third-order valence-corrected chi connectivity index (χ3v) is 4.05. The summed E-state index contributed by atoms with van der Waals surface area (Å²) < 4.78 is 2.19. The van der Waals surface area contributed by atoms with Gasteiger partial charge >= 0.3 is 5.97 Å². The topological polar surface area (TPSA) is 42.2 Å². The maximum atomic E-state index is 11.0. The van der Waals surface area contributed by atoms with Crippen molar-refractivity contribution in [3.8, 4) is 0 Å². The lowest BCUT2D eigenvalue weighted by Crippen LogP contribution is -2.15. The minimum Gasteiger partial charge on any atom is -0.481 e. The minimum atomic E-state index is -0.696. The average Bonchev–Trinajstić information content (AvgIpc) is 2.65. The minimum absolute atomic E-state index is 0.170. The molecule has 0 unspecified atom stereocenters. The Kier molecular flexibility index (Phi) is 2.62. The monoisotopic (exact) mass is 243 g/mol. The van der Waals surface area contributed by atoms with Crippen molar-refractivity contribution in [2.45, 2.75) is 31.6 Å². The summed E-state index contributed by atoms with van der Waals surface area (Å²) in [7, 11) is 2.06. The van der Waals surface area contributed by atoms with Gasteiger partial charge in [-0.05, 0) is 30.9 Å². The third kappa shape index (κ3) is 1.62. The molecule has 0 bridgehead atoms. The van der Waals surface area contributed by atoms with Crippen LogP contribution in [0.3, 0.4) is 0 Å². The van der Waals surface area contributed by atoms with E-state index in [0.29, 0.717) is 0 Å². The van der Waals surface area contributed by atoms with E-state index in [9.17, 15) is 4.79 Å². The molecule has 0 saturated carbocycles. The zero-order chi connectivity index (χ0) is 12.7. The highest BCUT2D eigenvalue weighted by atomic mass is 16.4. The second kappa shape index (κ2) is 4.16. The highest BCUT2D eigenvalue weighted by Crippen LogP contribution is 2.39. The van der Waals surface area contributed by atoms with Gasteiger partial charge in [-0.2, -0.15) is 0 Å². The van der Waals surface area contributed by atoms with Gasteiger partial charge in [0.15, 0.2) is 0 Å².